The lowest BCUT2D eigenvalue weighted by atomic mass is 10.0. The fourth-order valence-corrected chi connectivity index (χ4v) is 2.54. The maximum atomic E-state index is 11.8. The number of ether oxygens (including phenoxy) is 1. The summed E-state index contributed by atoms with van der Waals surface area (Å²) in [6.45, 7) is 14.0. The number of carbonyl (C=O) groups excluding carboxylic acids is 1. The lowest BCUT2D eigenvalue weighted by molar-refractivity contribution is 0.0521. The Balaban J connectivity index is 3.95. The third-order valence-corrected chi connectivity index (χ3v) is 3.61. The molecule has 1 atom stereocenters. The summed E-state index contributed by atoms with van der Waals surface area (Å²) in [4.78, 5) is 11.8. The van der Waals surface area contributed by atoms with Gasteiger partial charge in [-0.2, -0.15) is 0 Å². The van der Waals surface area contributed by atoms with Gasteiger partial charge in [0.05, 0.1) is 0 Å². The zero-order valence-electron chi connectivity index (χ0n) is 16.3. The molecule has 0 radical (unpaired) electrons. The Morgan fingerprint density at radius 3 is 2.22 bits per heavy atom. The van der Waals surface area contributed by atoms with Gasteiger partial charge in [-0.05, 0) is 46.1 Å². The first kappa shape index (κ1) is 22.2. The third kappa shape index (κ3) is 15.9. The van der Waals surface area contributed by atoms with E-state index in [1.807, 2.05) is 20.8 Å². The van der Waals surface area contributed by atoms with Gasteiger partial charge in [0, 0.05) is 12.6 Å². The highest BCUT2D eigenvalue weighted by Crippen LogP contribution is 2.08. The Hall–Kier alpha value is -0.770. The molecule has 0 aromatic rings. The van der Waals surface area contributed by atoms with E-state index in [9.17, 15) is 4.79 Å². The summed E-state index contributed by atoms with van der Waals surface area (Å²) in [5.74, 6) is 0.609. The molecule has 0 aliphatic carbocycles. The summed E-state index contributed by atoms with van der Waals surface area (Å²) >= 11 is 0. The maximum Gasteiger partial charge on any atom is 0.407 e. The normalized spacial score (nSPS) is 13.2. The fourth-order valence-electron chi connectivity index (χ4n) is 2.54. The Morgan fingerprint density at radius 1 is 1.04 bits per heavy atom. The monoisotopic (exact) mass is 328 g/mol. The van der Waals surface area contributed by atoms with Crippen LogP contribution in [0, 0.1) is 5.92 Å². The number of alkyl carbamates (subject to hydrolysis) is 1. The summed E-state index contributed by atoms with van der Waals surface area (Å²) in [6.07, 6.45) is 8.57. The van der Waals surface area contributed by atoms with Crippen molar-refractivity contribution in [3.63, 3.8) is 0 Å². The second-order valence-corrected chi connectivity index (χ2v) is 7.93. The van der Waals surface area contributed by atoms with Crippen LogP contribution in [0.5, 0.6) is 0 Å². The predicted octanol–water partition coefficient (Wildman–Crippen LogP) is 4.88. The Kier molecular flexibility index (Phi) is 12.2. The molecule has 2 N–H and O–H groups in total. The Labute approximate surface area is 144 Å². The topological polar surface area (TPSA) is 50.4 Å². The van der Waals surface area contributed by atoms with Gasteiger partial charge in [-0.3, -0.25) is 0 Å². The Bertz CT molecular complexity index is 298. The average Bonchev–Trinajstić information content (AvgIpc) is 2.41. The first-order chi connectivity index (χ1) is 10.7. The summed E-state index contributed by atoms with van der Waals surface area (Å²) < 4.78 is 5.30. The van der Waals surface area contributed by atoms with Crippen LogP contribution >= 0.6 is 0 Å². The van der Waals surface area contributed by atoms with Crippen LogP contribution in [0.25, 0.3) is 0 Å². The minimum absolute atomic E-state index is 0.318. The van der Waals surface area contributed by atoms with Crippen LogP contribution in [-0.2, 0) is 4.74 Å². The van der Waals surface area contributed by atoms with Gasteiger partial charge in [0.15, 0.2) is 0 Å². The van der Waals surface area contributed by atoms with Crippen LogP contribution in [0.3, 0.4) is 0 Å². The Morgan fingerprint density at radius 2 is 1.65 bits per heavy atom. The minimum Gasteiger partial charge on any atom is -0.444 e. The molecule has 138 valence electrons. The van der Waals surface area contributed by atoms with Crippen LogP contribution in [0.15, 0.2) is 0 Å². The molecule has 0 heterocycles. The molecule has 0 rings (SSSR count). The quantitative estimate of drug-likeness (QED) is 0.502. The number of hydrogen-bond donors (Lipinski definition) is 2. The zero-order chi connectivity index (χ0) is 17.7. The van der Waals surface area contributed by atoms with E-state index in [0.717, 1.165) is 13.0 Å². The van der Waals surface area contributed by atoms with Crippen LogP contribution in [0.2, 0.25) is 0 Å². The molecule has 0 aromatic heterocycles. The highest BCUT2D eigenvalue weighted by atomic mass is 16.6. The number of carbonyl (C=O) groups is 1. The molecule has 4 heteroatoms. The van der Waals surface area contributed by atoms with Crippen LogP contribution in [0.1, 0.15) is 86.5 Å². The standard InChI is InChI=1S/C19H40N2O2/c1-7-8-9-10-11-12-13-20-17(14-16(2)3)15-21-18(22)23-19(4,5)6/h16-17,20H,7-15H2,1-6H3,(H,21,22). The molecule has 0 spiro atoms. The van der Waals surface area contributed by atoms with Gasteiger partial charge in [0.1, 0.15) is 5.60 Å². The van der Waals surface area contributed by atoms with E-state index in [1.165, 1.54) is 38.5 Å². The maximum absolute atomic E-state index is 11.8. The molecular weight excluding hydrogens is 288 g/mol. The molecule has 1 unspecified atom stereocenters. The molecule has 0 saturated carbocycles. The van der Waals surface area contributed by atoms with E-state index < -0.39 is 5.60 Å². The molecule has 0 saturated heterocycles. The molecule has 4 nitrogen and oxygen atoms in total. The summed E-state index contributed by atoms with van der Waals surface area (Å²) in [6, 6.07) is 0.318. The van der Waals surface area contributed by atoms with Gasteiger partial charge in [-0.25, -0.2) is 4.79 Å². The molecule has 0 aliphatic rings. The van der Waals surface area contributed by atoms with Gasteiger partial charge < -0.3 is 15.4 Å². The van der Waals surface area contributed by atoms with Crippen molar-refractivity contribution in [3.05, 3.63) is 0 Å². The van der Waals surface area contributed by atoms with Crippen molar-refractivity contribution in [2.45, 2.75) is 98.1 Å². The molecule has 23 heavy (non-hydrogen) atoms. The van der Waals surface area contributed by atoms with Crippen LogP contribution in [-0.4, -0.2) is 30.8 Å². The largest absolute Gasteiger partial charge is 0.444 e. The van der Waals surface area contributed by atoms with E-state index in [0.29, 0.717) is 18.5 Å². The lowest BCUT2D eigenvalue weighted by Crippen LogP contribution is -2.43. The van der Waals surface area contributed by atoms with Crippen LogP contribution < -0.4 is 10.6 Å². The van der Waals surface area contributed by atoms with Crippen molar-refractivity contribution in [1.29, 1.82) is 0 Å². The smallest absolute Gasteiger partial charge is 0.407 e. The SMILES string of the molecule is CCCCCCCCNC(CNC(=O)OC(C)(C)C)CC(C)C. The van der Waals surface area contributed by atoms with E-state index in [2.05, 4.69) is 31.4 Å². The lowest BCUT2D eigenvalue weighted by Gasteiger charge is -2.23. The summed E-state index contributed by atoms with van der Waals surface area (Å²) in [5.41, 5.74) is -0.441. The van der Waals surface area contributed by atoms with Gasteiger partial charge in [-0.1, -0.05) is 52.9 Å². The average molecular weight is 329 g/mol. The number of amides is 1. The molecular formula is C19H40N2O2. The predicted molar refractivity (Wildman–Crippen MR) is 98.9 cm³/mol. The van der Waals surface area contributed by atoms with Gasteiger partial charge >= 0.3 is 6.09 Å². The number of unbranched alkanes of at least 4 members (excludes halogenated alkanes) is 5. The van der Waals surface area contributed by atoms with E-state index in [-0.39, 0.29) is 6.09 Å². The second-order valence-electron chi connectivity index (χ2n) is 7.93. The highest BCUT2D eigenvalue weighted by molar-refractivity contribution is 5.67. The number of rotatable bonds is 12. The van der Waals surface area contributed by atoms with E-state index in [1.54, 1.807) is 0 Å². The second kappa shape index (κ2) is 12.6. The molecule has 0 fully saturated rings. The van der Waals surface area contributed by atoms with Crippen molar-refractivity contribution < 1.29 is 9.53 Å². The number of nitrogens with one attached hydrogen (secondary N) is 2. The van der Waals surface area contributed by atoms with Crippen molar-refractivity contribution in [2.75, 3.05) is 13.1 Å². The molecule has 1 amide bonds. The van der Waals surface area contributed by atoms with Crippen molar-refractivity contribution in [3.8, 4) is 0 Å². The fraction of sp³-hybridized carbons (Fsp3) is 0.947. The van der Waals surface area contributed by atoms with Crippen molar-refractivity contribution >= 4 is 6.09 Å². The first-order valence-electron chi connectivity index (χ1n) is 9.44. The molecule has 0 aromatic carbocycles. The summed E-state index contributed by atoms with van der Waals surface area (Å²) in [5, 5.41) is 6.48. The first-order valence-corrected chi connectivity index (χ1v) is 9.44. The third-order valence-electron chi connectivity index (χ3n) is 3.61. The zero-order valence-corrected chi connectivity index (χ0v) is 16.3. The van der Waals surface area contributed by atoms with Crippen molar-refractivity contribution in [1.82, 2.24) is 10.6 Å². The highest BCUT2D eigenvalue weighted by Gasteiger charge is 2.17. The van der Waals surface area contributed by atoms with Gasteiger partial charge in [0.25, 0.3) is 0 Å². The minimum atomic E-state index is -0.441. The van der Waals surface area contributed by atoms with E-state index in [4.69, 9.17) is 4.74 Å². The molecule has 0 bridgehead atoms. The summed E-state index contributed by atoms with van der Waals surface area (Å²) in [7, 11) is 0. The van der Waals surface area contributed by atoms with E-state index >= 15 is 0 Å². The number of hydrogen-bond acceptors (Lipinski definition) is 3. The van der Waals surface area contributed by atoms with Crippen LogP contribution in [0.4, 0.5) is 4.79 Å². The van der Waals surface area contributed by atoms with Gasteiger partial charge in [0.2, 0.25) is 0 Å². The molecule has 0 aliphatic heterocycles. The van der Waals surface area contributed by atoms with Gasteiger partial charge in [-0.15, -0.1) is 0 Å². The van der Waals surface area contributed by atoms with Crippen molar-refractivity contribution in [2.24, 2.45) is 5.92 Å².